The van der Waals surface area contributed by atoms with Crippen molar-refractivity contribution in [3.05, 3.63) is 113 Å². The Morgan fingerprint density at radius 2 is 1.54 bits per heavy atom. The first kappa shape index (κ1) is 33.3. The SMILES string of the molecule is COC(=O)c1cccc(C(CC(=O)N[C@H](C(=O)c2c(O)[nH]c(O)c2C)C(C)C)NC(=O)C=Cc2ccc(-c3ccccc3)cc2)c1. The van der Waals surface area contributed by atoms with E-state index in [1.165, 1.54) is 26.2 Å². The lowest BCUT2D eigenvalue weighted by molar-refractivity contribution is -0.123. The fourth-order valence-electron chi connectivity index (χ4n) is 5.04. The normalized spacial score (nSPS) is 12.5. The highest BCUT2D eigenvalue weighted by molar-refractivity contribution is 6.05. The average Bonchev–Trinajstić information content (AvgIpc) is 3.32. The molecule has 1 unspecified atom stereocenters. The quantitative estimate of drug-likeness (QED) is 0.0795. The van der Waals surface area contributed by atoms with E-state index in [1.807, 2.05) is 54.6 Å². The standard InChI is InChI=1S/C36H37N3O7/c1-21(2)32(33(42)31-22(3)34(43)39-35(31)44)38-30(41)20-28(26-11-8-12-27(19-26)36(45)46-4)37-29(40)18-15-23-13-16-25(17-14-23)24-9-6-5-7-10-24/h5-19,21,28,32,39,43-44H,20H2,1-4H3,(H,37,40)(H,38,41)/t28?,32-/m0/s1. The molecule has 1 heterocycles. The summed E-state index contributed by atoms with van der Waals surface area (Å²) < 4.78 is 4.83. The minimum atomic E-state index is -1.04. The molecular weight excluding hydrogens is 586 g/mol. The molecule has 46 heavy (non-hydrogen) atoms. The highest BCUT2D eigenvalue weighted by Crippen LogP contribution is 2.30. The number of benzene rings is 3. The third-order valence-corrected chi connectivity index (χ3v) is 7.58. The number of methoxy groups -OCH3 is 1. The summed E-state index contributed by atoms with van der Waals surface area (Å²) in [6, 6.07) is 22.1. The van der Waals surface area contributed by atoms with Crippen LogP contribution in [-0.4, -0.2) is 51.9 Å². The van der Waals surface area contributed by atoms with Gasteiger partial charge in [0.1, 0.15) is 0 Å². The Morgan fingerprint density at radius 1 is 0.870 bits per heavy atom. The van der Waals surface area contributed by atoms with Crippen molar-refractivity contribution in [2.24, 2.45) is 5.92 Å². The Kier molecular flexibility index (Phi) is 10.8. The summed E-state index contributed by atoms with van der Waals surface area (Å²) in [5, 5.41) is 25.7. The van der Waals surface area contributed by atoms with Crippen LogP contribution in [0, 0.1) is 12.8 Å². The van der Waals surface area contributed by atoms with Gasteiger partial charge >= 0.3 is 5.97 Å². The first-order valence-electron chi connectivity index (χ1n) is 14.7. The molecule has 0 spiro atoms. The lowest BCUT2D eigenvalue weighted by Crippen LogP contribution is -2.45. The number of hydrogen-bond donors (Lipinski definition) is 5. The maximum atomic E-state index is 13.4. The van der Waals surface area contributed by atoms with E-state index in [0.29, 0.717) is 5.56 Å². The first-order chi connectivity index (χ1) is 22.0. The second kappa shape index (κ2) is 14.9. The van der Waals surface area contributed by atoms with Gasteiger partial charge in [0.05, 0.1) is 36.7 Å². The maximum Gasteiger partial charge on any atom is 0.337 e. The molecule has 0 saturated carbocycles. The Morgan fingerprint density at radius 3 is 2.15 bits per heavy atom. The number of carbonyl (C=O) groups excluding carboxylic acids is 4. The van der Waals surface area contributed by atoms with Crippen molar-refractivity contribution >= 4 is 29.6 Å². The second-order valence-corrected chi connectivity index (χ2v) is 11.2. The van der Waals surface area contributed by atoms with E-state index < -0.39 is 41.5 Å². The van der Waals surface area contributed by atoms with Crippen LogP contribution in [0.3, 0.4) is 0 Å². The van der Waals surface area contributed by atoms with Crippen LogP contribution in [0.4, 0.5) is 0 Å². The maximum absolute atomic E-state index is 13.4. The zero-order valence-corrected chi connectivity index (χ0v) is 26.0. The Labute approximate surface area is 267 Å². The molecule has 5 N–H and O–H groups in total. The van der Waals surface area contributed by atoms with Crippen molar-refractivity contribution in [1.29, 1.82) is 0 Å². The summed E-state index contributed by atoms with van der Waals surface area (Å²) in [5.74, 6) is -3.41. The Hall–Kier alpha value is -5.64. The van der Waals surface area contributed by atoms with Gasteiger partial charge < -0.3 is 25.6 Å². The number of esters is 1. The summed E-state index contributed by atoms with van der Waals surface area (Å²) in [6.07, 6.45) is 2.74. The molecule has 3 aromatic carbocycles. The van der Waals surface area contributed by atoms with E-state index in [0.717, 1.165) is 16.7 Å². The zero-order chi connectivity index (χ0) is 33.4. The van der Waals surface area contributed by atoms with E-state index in [2.05, 4.69) is 15.6 Å². The molecule has 10 heteroatoms. The van der Waals surface area contributed by atoms with Gasteiger partial charge in [-0.3, -0.25) is 19.4 Å². The number of aromatic nitrogens is 1. The molecule has 0 aliphatic heterocycles. The molecule has 0 aliphatic carbocycles. The number of rotatable bonds is 12. The molecule has 0 radical (unpaired) electrons. The number of carbonyl (C=O) groups is 4. The molecule has 2 atom stereocenters. The van der Waals surface area contributed by atoms with E-state index in [4.69, 9.17) is 4.74 Å². The van der Waals surface area contributed by atoms with Crippen molar-refractivity contribution < 1.29 is 34.1 Å². The van der Waals surface area contributed by atoms with E-state index in [9.17, 15) is 29.4 Å². The molecule has 10 nitrogen and oxygen atoms in total. The van der Waals surface area contributed by atoms with Crippen LogP contribution in [0.15, 0.2) is 84.9 Å². The number of hydrogen-bond acceptors (Lipinski definition) is 7. The molecule has 1 aromatic heterocycles. The van der Waals surface area contributed by atoms with Gasteiger partial charge in [-0.25, -0.2) is 4.79 Å². The van der Waals surface area contributed by atoms with Gasteiger partial charge in [0, 0.05) is 11.6 Å². The fraction of sp³-hybridized carbons (Fsp3) is 0.222. The second-order valence-electron chi connectivity index (χ2n) is 11.2. The number of aromatic hydroxyl groups is 2. The number of ether oxygens (including phenoxy) is 1. The number of nitrogens with one attached hydrogen (secondary N) is 3. The predicted octanol–water partition coefficient (Wildman–Crippen LogP) is 5.47. The van der Waals surface area contributed by atoms with Gasteiger partial charge in [0.15, 0.2) is 11.7 Å². The Bertz CT molecular complexity index is 1740. The van der Waals surface area contributed by atoms with Crippen molar-refractivity contribution in [1.82, 2.24) is 15.6 Å². The van der Waals surface area contributed by atoms with Crippen LogP contribution in [0.2, 0.25) is 0 Å². The third-order valence-electron chi connectivity index (χ3n) is 7.58. The van der Waals surface area contributed by atoms with Gasteiger partial charge in [-0.1, -0.05) is 80.6 Å². The van der Waals surface area contributed by atoms with Crippen LogP contribution in [-0.2, 0) is 14.3 Å². The lowest BCUT2D eigenvalue weighted by atomic mass is 9.93. The molecule has 4 rings (SSSR count). The van der Waals surface area contributed by atoms with E-state index >= 15 is 0 Å². The van der Waals surface area contributed by atoms with Gasteiger partial charge in [0.25, 0.3) is 0 Å². The van der Waals surface area contributed by atoms with Crippen molar-refractivity contribution in [2.45, 2.75) is 39.3 Å². The average molecular weight is 624 g/mol. The minimum Gasteiger partial charge on any atom is -0.494 e. The van der Waals surface area contributed by atoms with E-state index in [-0.39, 0.29) is 34.9 Å². The van der Waals surface area contributed by atoms with Crippen LogP contribution in [0.25, 0.3) is 17.2 Å². The van der Waals surface area contributed by atoms with Crippen LogP contribution in [0.5, 0.6) is 11.8 Å². The van der Waals surface area contributed by atoms with Crippen molar-refractivity contribution in [3.63, 3.8) is 0 Å². The summed E-state index contributed by atoms with van der Waals surface area (Å²) in [5.41, 5.74) is 3.67. The fourth-order valence-corrected chi connectivity index (χ4v) is 5.04. The van der Waals surface area contributed by atoms with Crippen LogP contribution in [0.1, 0.15) is 63.7 Å². The largest absolute Gasteiger partial charge is 0.494 e. The van der Waals surface area contributed by atoms with Gasteiger partial charge in [0.2, 0.25) is 17.7 Å². The smallest absolute Gasteiger partial charge is 0.337 e. The number of aromatic amines is 1. The topological polar surface area (TPSA) is 158 Å². The van der Waals surface area contributed by atoms with Gasteiger partial charge in [-0.2, -0.15) is 0 Å². The molecule has 0 bridgehead atoms. The molecule has 0 aliphatic rings. The number of amides is 2. The zero-order valence-electron chi connectivity index (χ0n) is 26.0. The summed E-state index contributed by atoms with van der Waals surface area (Å²) in [4.78, 5) is 54.4. The molecular formula is C36H37N3O7. The third kappa shape index (κ3) is 8.09. The monoisotopic (exact) mass is 623 g/mol. The molecule has 238 valence electrons. The number of H-pyrrole nitrogens is 1. The van der Waals surface area contributed by atoms with Crippen molar-refractivity contribution in [3.8, 4) is 22.9 Å². The van der Waals surface area contributed by atoms with E-state index in [1.54, 1.807) is 38.1 Å². The van der Waals surface area contributed by atoms with Crippen LogP contribution < -0.4 is 10.6 Å². The minimum absolute atomic E-state index is 0.117. The summed E-state index contributed by atoms with van der Waals surface area (Å²) >= 11 is 0. The highest BCUT2D eigenvalue weighted by Gasteiger charge is 2.31. The molecule has 0 fully saturated rings. The molecule has 0 saturated heterocycles. The van der Waals surface area contributed by atoms with Crippen LogP contribution >= 0.6 is 0 Å². The highest BCUT2D eigenvalue weighted by atomic mass is 16.5. The van der Waals surface area contributed by atoms with Gasteiger partial charge in [-0.15, -0.1) is 0 Å². The summed E-state index contributed by atoms with van der Waals surface area (Å²) in [7, 11) is 1.26. The lowest BCUT2D eigenvalue weighted by Gasteiger charge is -2.24. The first-order valence-corrected chi connectivity index (χ1v) is 14.7. The summed E-state index contributed by atoms with van der Waals surface area (Å²) in [6.45, 7) is 4.94. The molecule has 4 aromatic rings. The molecule has 2 amide bonds. The Balaban J connectivity index is 1.53. The number of Topliss-reactive ketones (excluding diaryl/α,β-unsaturated/α-hetero) is 1. The van der Waals surface area contributed by atoms with Gasteiger partial charge in [-0.05, 0) is 53.3 Å². The van der Waals surface area contributed by atoms with Crippen molar-refractivity contribution in [2.75, 3.05) is 7.11 Å². The predicted molar refractivity (Wildman–Crippen MR) is 174 cm³/mol. The number of ketones is 1.